The number of hydrogen-bond donors (Lipinski definition) is 1. The van der Waals surface area contributed by atoms with Gasteiger partial charge in [0, 0.05) is 18.3 Å². The molecule has 6 heteroatoms. The molecule has 1 N–H and O–H groups in total. The van der Waals surface area contributed by atoms with Gasteiger partial charge in [-0.05, 0) is 105 Å². The number of thiocarbonyl (C=S) groups is 1. The molecule has 2 amide bonds. The van der Waals surface area contributed by atoms with Gasteiger partial charge in [-0.15, -0.1) is 0 Å². The summed E-state index contributed by atoms with van der Waals surface area (Å²) >= 11 is 5.33. The van der Waals surface area contributed by atoms with Crippen LogP contribution in [0.15, 0.2) is 42.0 Å². The Kier molecular flexibility index (Phi) is 5.45. The molecule has 166 valence electrons. The van der Waals surface area contributed by atoms with Crippen molar-refractivity contribution >= 4 is 46.6 Å². The Morgan fingerprint density at radius 3 is 2.50 bits per heavy atom. The zero-order chi connectivity index (χ0) is 23.4. The lowest BCUT2D eigenvalue weighted by atomic mass is 9.80. The Labute approximate surface area is 195 Å². The minimum atomic E-state index is -0.468. The molecular formula is C26H29N3O2S. The number of anilines is 2. The molecule has 0 radical (unpaired) electrons. The lowest BCUT2D eigenvalue weighted by molar-refractivity contribution is -0.122. The number of nitrogens with zero attached hydrogens (tertiary/aromatic N) is 2. The van der Waals surface area contributed by atoms with Crippen molar-refractivity contribution in [3.05, 3.63) is 64.2 Å². The summed E-state index contributed by atoms with van der Waals surface area (Å²) in [6, 6.07) is 11.8. The first-order valence-corrected chi connectivity index (χ1v) is 11.3. The van der Waals surface area contributed by atoms with Gasteiger partial charge in [0.15, 0.2) is 5.11 Å². The van der Waals surface area contributed by atoms with Crippen LogP contribution in [0.2, 0.25) is 0 Å². The number of nitrogens with one attached hydrogen (secondary N) is 1. The molecule has 2 aromatic carbocycles. The molecule has 2 aromatic rings. The maximum Gasteiger partial charge on any atom is 0.270 e. The monoisotopic (exact) mass is 447 g/mol. The van der Waals surface area contributed by atoms with Gasteiger partial charge < -0.3 is 4.90 Å². The van der Waals surface area contributed by atoms with Crippen molar-refractivity contribution in [2.75, 3.05) is 16.8 Å². The summed E-state index contributed by atoms with van der Waals surface area (Å²) in [6.07, 6.45) is 2.70. The molecule has 5 nitrogen and oxygen atoms in total. The molecule has 2 aliphatic heterocycles. The quantitative estimate of drug-likeness (QED) is 0.406. The first kappa shape index (κ1) is 22.2. The van der Waals surface area contributed by atoms with E-state index in [-0.39, 0.29) is 16.2 Å². The van der Waals surface area contributed by atoms with Crippen molar-refractivity contribution in [1.29, 1.82) is 0 Å². The number of hydrogen-bond acceptors (Lipinski definition) is 4. The third-order valence-electron chi connectivity index (χ3n) is 6.82. The molecule has 32 heavy (non-hydrogen) atoms. The average Bonchev–Trinajstić information content (AvgIpc) is 2.71. The first-order valence-electron chi connectivity index (χ1n) is 10.9. The fraction of sp³-hybridized carbons (Fsp3) is 0.346. The van der Waals surface area contributed by atoms with Crippen LogP contribution in [-0.2, 0) is 9.59 Å². The molecule has 1 atom stereocenters. The zero-order valence-electron chi connectivity index (χ0n) is 19.4. The van der Waals surface area contributed by atoms with E-state index in [1.54, 1.807) is 6.08 Å². The second-order valence-corrected chi connectivity index (χ2v) is 9.91. The van der Waals surface area contributed by atoms with Gasteiger partial charge in [0.2, 0.25) is 0 Å². The summed E-state index contributed by atoms with van der Waals surface area (Å²) in [6.45, 7) is 10.7. The molecule has 0 aliphatic carbocycles. The molecule has 2 heterocycles. The van der Waals surface area contributed by atoms with Crippen LogP contribution in [0.5, 0.6) is 0 Å². The van der Waals surface area contributed by atoms with E-state index in [0.29, 0.717) is 11.6 Å². The smallest absolute Gasteiger partial charge is 0.270 e. The second-order valence-electron chi connectivity index (χ2n) is 9.52. The van der Waals surface area contributed by atoms with Crippen LogP contribution in [0.25, 0.3) is 6.08 Å². The van der Waals surface area contributed by atoms with Gasteiger partial charge in [0.1, 0.15) is 5.57 Å². The van der Waals surface area contributed by atoms with Crippen LogP contribution in [0.1, 0.15) is 55.4 Å². The number of amides is 2. The summed E-state index contributed by atoms with van der Waals surface area (Å²) in [7, 11) is 2.11. The van der Waals surface area contributed by atoms with Crippen LogP contribution in [-0.4, -0.2) is 29.5 Å². The van der Waals surface area contributed by atoms with Gasteiger partial charge in [-0.25, -0.2) is 0 Å². The highest BCUT2D eigenvalue weighted by Gasteiger charge is 2.36. The van der Waals surface area contributed by atoms with Crippen LogP contribution in [0.3, 0.4) is 0 Å². The highest BCUT2D eigenvalue weighted by atomic mass is 32.1. The number of rotatable bonds is 2. The SMILES string of the molecule is Cc1ccc(N2C(=O)/C(=C\c3ccc4c(c3)C(C)CC(C)(C)N4C)C(=O)NC2=S)cc1C. The number of carbonyl (C=O) groups excluding carboxylic acids is 2. The third-order valence-corrected chi connectivity index (χ3v) is 7.10. The molecule has 4 rings (SSSR count). The fourth-order valence-corrected chi connectivity index (χ4v) is 4.89. The lowest BCUT2D eigenvalue weighted by Crippen LogP contribution is -2.54. The number of aryl methyl sites for hydroxylation is 2. The number of benzene rings is 2. The Morgan fingerprint density at radius 1 is 1.09 bits per heavy atom. The topological polar surface area (TPSA) is 52.7 Å². The molecule has 0 bridgehead atoms. The molecule has 2 aliphatic rings. The summed E-state index contributed by atoms with van der Waals surface area (Å²) < 4.78 is 0. The van der Waals surface area contributed by atoms with Crippen LogP contribution >= 0.6 is 12.2 Å². The van der Waals surface area contributed by atoms with Gasteiger partial charge in [-0.2, -0.15) is 0 Å². The Balaban J connectivity index is 1.73. The highest BCUT2D eigenvalue weighted by molar-refractivity contribution is 7.80. The molecule has 0 saturated carbocycles. The first-order chi connectivity index (χ1) is 15.0. The summed E-state index contributed by atoms with van der Waals surface area (Å²) in [5.41, 5.74) is 6.23. The maximum absolute atomic E-state index is 13.3. The molecule has 1 fully saturated rings. The van der Waals surface area contributed by atoms with Crippen molar-refractivity contribution in [3.8, 4) is 0 Å². The Hall–Kier alpha value is -2.99. The van der Waals surface area contributed by atoms with Gasteiger partial charge in [0.05, 0.1) is 5.69 Å². The predicted octanol–water partition coefficient (Wildman–Crippen LogP) is 4.86. The van der Waals surface area contributed by atoms with E-state index in [4.69, 9.17) is 12.2 Å². The number of fused-ring (bicyclic) bond motifs is 1. The van der Waals surface area contributed by atoms with Gasteiger partial charge in [-0.1, -0.05) is 19.1 Å². The second kappa shape index (κ2) is 7.85. The molecular weight excluding hydrogens is 418 g/mol. The maximum atomic E-state index is 13.3. The van der Waals surface area contributed by atoms with Gasteiger partial charge in [0.25, 0.3) is 11.8 Å². The lowest BCUT2D eigenvalue weighted by Gasteiger charge is -2.45. The van der Waals surface area contributed by atoms with Crippen molar-refractivity contribution in [1.82, 2.24) is 5.32 Å². The summed E-state index contributed by atoms with van der Waals surface area (Å²) in [5, 5.41) is 2.77. The average molecular weight is 448 g/mol. The van der Waals surface area contributed by atoms with Gasteiger partial charge >= 0.3 is 0 Å². The van der Waals surface area contributed by atoms with Crippen molar-refractivity contribution in [2.24, 2.45) is 0 Å². The largest absolute Gasteiger partial charge is 0.369 e. The standard InChI is InChI=1S/C26H29N3O2S/c1-15-7-9-19(11-16(15)2)29-24(31)21(23(30)27-25(29)32)13-18-8-10-22-20(12-18)17(3)14-26(4,5)28(22)6/h7-13,17H,14H2,1-6H3,(H,27,30,32)/b21-13-. The van der Waals surface area contributed by atoms with E-state index in [1.165, 1.54) is 16.2 Å². The van der Waals surface area contributed by atoms with Crippen LogP contribution in [0, 0.1) is 13.8 Å². The van der Waals surface area contributed by atoms with E-state index < -0.39 is 11.8 Å². The van der Waals surface area contributed by atoms with Crippen LogP contribution in [0.4, 0.5) is 11.4 Å². The highest BCUT2D eigenvalue weighted by Crippen LogP contribution is 2.42. The van der Waals surface area contributed by atoms with E-state index in [1.807, 2.05) is 38.1 Å². The van der Waals surface area contributed by atoms with E-state index in [9.17, 15) is 9.59 Å². The third kappa shape index (κ3) is 3.73. The summed E-state index contributed by atoms with van der Waals surface area (Å²) in [4.78, 5) is 29.7. The van der Waals surface area contributed by atoms with E-state index in [0.717, 1.165) is 23.1 Å². The Bertz CT molecular complexity index is 1180. The van der Waals surface area contributed by atoms with Crippen molar-refractivity contribution in [3.63, 3.8) is 0 Å². The van der Waals surface area contributed by atoms with Crippen molar-refractivity contribution < 1.29 is 9.59 Å². The van der Waals surface area contributed by atoms with E-state index >= 15 is 0 Å². The minimum absolute atomic E-state index is 0.0774. The van der Waals surface area contributed by atoms with E-state index in [2.05, 4.69) is 50.2 Å². The molecule has 1 saturated heterocycles. The molecule has 1 unspecified atom stereocenters. The molecule has 0 aromatic heterocycles. The van der Waals surface area contributed by atoms with Gasteiger partial charge in [-0.3, -0.25) is 19.8 Å². The number of carbonyl (C=O) groups is 2. The van der Waals surface area contributed by atoms with Crippen molar-refractivity contribution in [2.45, 2.75) is 52.5 Å². The molecule has 0 spiro atoms. The zero-order valence-corrected chi connectivity index (χ0v) is 20.3. The van der Waals surface area contributed by atoms with Crippen LogP contribution < -0.4 is 15.1 Å². The minimum Gasteiger partial charge on any atom is -0.369 e. The predicted molar refractivity (Wildman–Crippen MR) is 134 cm³/mol. The Morgan fingerprint density at radius 2 is 1.81 bits per heavy atom. The fourth-order valence-electron chi connectivity index (χ4n) is 4.61. The normalized spacial score (nSPS) is 21.6. The summed E-state index contributed by atoms with van der Waals surface area (Å²) in [5.74, 6) is -0.500.